The van der Waals surface area contributed by atoms with Crippen LogP contribution in [0.1, 0.15) is 12.0 Å². The number of benzene rings is 1. The minimum atomic E-state index is -0.940. The van der Waals surface area contributed by atoms with Crippen LogP contribution in [-0.4, -0.2) is 29.6 Å². The summed E-state index contributed by atoms with van der Waals surface area (Å²) in [7, 11) is 0. The van der Waals surface area contributed by atoms with Crippen molar-refractivity contribution in [3.8, 4) is 0 Å². The van der Waals surface area contributed by atoms with Crippen molar-refractivity contribution in [2.24, 2.45) is 5.73 Å². The molecule has 1 atom stereocenters. The maximum absolute atomic E-state index is 11.5. The lowest BCUT2D eigenvalue weighted by atomic mass is 9.78. The summed E-state index contributed by atoms with van der Waals surface area (Å²) >= 11 is 1.64. The lowest BCUT2D eigenvalue weighted by molar-refractivity contribution is -0.143. The predicted molar refractivity (Wildman–Crippen MR) is 67.8 cm³/mol. The van der Waals surface area contributed by atoms with E-state index in [4.69, 9.17) is 5.73 Å². The fourth-order valence-corrected chi connectivity index (χ4v) is 2.27. The average molecular weight is 239 g/mol. The van der Waals surface area contributed by atoms with Crippen LogP contribution in [0.15, 0.2) is 30.3 Å². The van der Waals surface area contributed by atoms with Gasteiger partial charge in [0, 0.05) is 6.54 Å². The molecule has 0 heterocycles. The van der Waals surface area contributed by atoms with Gasteiger partial charge in [-0.05, 0) is 24.0 Å². The standard InChI is InChI=1S/C12H17NO2S/c1-16-8-7-12(9-13,11(14)15)10-5-3-2-4-6-10/h2-6H,7-9,13H2,1H3,(H,14,15). The Hall–Kier alpha value is -1.00. The Morgan fingerprint density at radius 1 is 1.44 bits per heavy atom. The third-order valence-corrected chi connectivity index (χ3v) is 3.43. The third-order valence-electron chi connectivity index (χ3n) is 2.82. The van der Waals surface area contributed by atoms with Crippen LogP contribution < -0.4 is 5.73 Å². The molecule has 1 unspecified atom stereocenters. The van der Waals surface area contributed by atoms with Gasteiger partial charge in [0.15, 0.2) is 0 Å². The quantitative estimate of drug-likeness (QED) is 0.793. The van der Waals surface area contributed by atoms with Gasteiger partial charge >= 0.3 is 5.97 Å². The van der Waals surface area contributed by atoms with Crippen molar-refractivity contribution in [2.75, 3.05) is 18.6 Å². The molecule has 0 aromatic heterocycles. The Balaban J connectivity index is 3.07. The van der Waals surface area contributed by atoms with Gasteiger partial charge in [-0.15, -0.1) is 0 Å². The Morgan fingerprint density at radius 2 is 2.06 bits per heavy atom. The Labute approximate surface area is 100 Å². The zero-order chi connectivity index (χ0) is 12.0. The number of rotatable bonds is 6. The highest BCUT2D eigenvalue weighted by molar-refractivity contribution is 7.98. The van der Waals surface area contributed by atoms with Crippen LogP contribution in [0, 0.1) is 0 Å². The molecule has 88 valence electrons. The number of thioether (sulfide) groups is 1. The zero-order valence-corrected chi connectivity index (χ0v) is 10.2. The molecule has 0 aliphatic carbocycles. The van der Waals surface area contributed by atoms with E-state index in [0.717, 1.165) is 11.3 Å². The molecule has 0 saturated carbocycles. The van der Waals surface area contributed by atoms with E-state index in [0.29, 0.717) is 6.42 Å². The maximum Gasteiger partial charge on any atom is 0.315 e. The molecule has 0 aliphatic heterocycles. The van der Waals surface area contributed by atoms with Gasteiger partial charge in [-0.1, -0.05) is 30.3 Å². The van der Waals surface area contributed by atoms with Crippen molar-refractivity contribution in [1.82, 2.24) is 0 Å². The largest absolute Gasteiger partial charge is 0.481 e. The number of nitrogens with two attached hydrogens (primary N) is 1. The number of carboxylic acid groups (broad SMARTS) is 1. The van der Waals surface area contributed by atoms with E-state index in [9.17, 15) is 9.90 Å². The lowest BCUT2D eigenvalue weighted by Gasteiger charge is -2.28. The van der Waals surface area contributed by atoms with Gasteiger partial charge in [-0.25, -0.2) is 0 Å². The van der Waals surface area contributed by atoms with Crippen LogP contribution in [0.25, 0.3) is 0 Å². The fraction of sp³-hybridized carbons (Fsp3) is 0.417. The average Bonchev–Trinajstić information content (AvgIpc) is 2.31. The van der Waals surface area contributed by atoms with Crippen LogP contribution in [0.3, 0.4) is 0 Å². The van der Waals surface area contributed by atoms with E-state index in [1.54, 1.807) is 11.8 Å². The zero-order valence-electron chi connectivity index (χ0n) is 9.35. The molecule has 0 radical (unpaired) electrons. The van der Waals surface area contributed by atoms with E-state index in [2.05, 4.69) is 0 Å². The molecule has 1 aromatic carbocycles. The molecular formula is C12H17NO2S. The molecule has 0 bridgehead atoms. The van der Waals surface area contributed by atoms with Crippen LogP contribution in [0.5, 0.6) is 0 Å². The smallest absolute Gasteiger partial charge is 0.315 e. The number of hydrogen-bond acceptors (Lipinski definition) is 3. The van der Waals surface area contributed by atoms with Crippen LogP contribution >= 0.6 is 11.8 Å². The first-order valence-corrected chi connectivity index (χ1v) is 6.54. The van der Waals surface area contributed by atoms with Crippen molar-refractivity contribution >= 4 is 17.7 Å². The summed E-state index contributed by atoms with van der Waals surface area (Å²) in [5, 5.41) is 9.41. The van der Waals surface area contributed by atoms with Gasteiger partial charge in [-0.2, -0.15) is 11.8 Å². The van der Waals surface area contributed by atoms with Gasteiger partial charge in [0.1, 0.15) is 5.41 Å². The summed E-state index contributed by atoms with van der Waals surface area (Å²) < 4.78 is 0. The molecule has 0 fully saturated rings. The van der Waals surface area contributed by atoms with Crippen LogP contribution in [-0.2, 0) is 10.2 Å². The molecule has 1 rings (SSSR count). The highest BCUT2D eigenvalue weighted by Gasteiger charge is 2.38. The molecule has 0 spiro atoms. The summed E-state index contributed by atoms with van der Waals surface area (Å²) in [6.07, 6.45) is 2.53. The normalized spacial score (nSPS) is 14.4. The minimum Gasteiger partial charge on any atom is -0.481 e. The highest BCUT2D eigenvalue weighted by atomic mass is 32.2. The first-order valence-electron chi connectivity index (χ1n) is 5.15. The maximum atomic E-state index is 11.5. The molecule has 0 amide bonds. The van der Waals surface area contributed by atoms with E-state index in [1.807, 2.05) is 36.6 Å². The van der Waals surface area contributed by atoms with Crippen molar-refractivity contribution in [3.05, 3.63) is 35.9 Å². The summed E-state index contributed by atoms with van der Waals surface area (Å²) in [5.41, 5.74) is 5.54. The van der Waals surface area contributed by atoms with E-state index in [1.165, 1.54) is 0 Å². The second-order valence-corrected chi connectivity index (χ2v) is 4.69. The van der Waals surface area contributed by atoms with Crippen molar-refractivity contribution in [2.45, 2.75) is 11.8 Å². The second-order valence-electron chi connectivity index (χ2n) is 3.70. The topological polar surface area (TPSA) is 63.3 Å². The number of aliphatic carboxylic acids is 1. The molecule has 0 saturated heterocycles. The van der Waals surface area contributed by atoms with E-state index >= 15 is 0 Å². The number of carboxylic acids is 1. The Bertz CT molecular complexity index is 342. The van der Waals surface area contributed by atoms with E-state index in [-0.39, 0.29) is 6.54 Å². The van der Waals surface area contributed by atoms with Crippen molar-refractivity contribution < 1.29 is 9.90 Å². The highest BCUT2D eigenvalue weighted by Crippen LogP contribution is 2.28. The Morgan fingerprint density at radius 3 is 2.50 bits per heavy atom. The summed E-state index contributed by atoms with van der Waals surface area (Å²) in [6.45, 7) is 0.132. The molecule has 3 N–H and O–H groups in total. The fourth-order valence-electron chi connectivity index (χ4n) is 1.72. The number of carbonyl (C=O) groups is 1. The van der Waals surface area contributed by atoms with Crippen molar-refractivity contribution in [1.29, 1.82) is 0 Å². The van der Waals surface area contributed by atoms with Crippen LogP contribution in [0.2, 0.25) is 0 Å². The van der Waals surface area contributed by atoms with Gasteiger partial charge < -0.3 is 10.8 Å². The number of hydrogen-bond donors (Lipinski definition) is 2. The molecular weight excluding hydrogens is 222 g/mol. The predicted octanol–water partition coefficient (Wildman–Crippen LogP) is 1.72. The van der Waals surface area contributed by atoms with Gasteiger partial charge in [0.2, 0.25) is 0 Å². The first-order chi connectivity index (χ1) is 7.67. The molecule has 0 aliphatic rings. The molecule has 3 nitrogen and oxygen atoms in total. The summed E-state index contributed by atoms with van der Waals surface area (Å²) in [4.78, 5) is 11.5. The van der Waals surface area contributed by atoms with Gasteiger partial charge in [0.05, 0.1) is 0 Å². The Kier molecular flexibility index (Phi) is 4.83. The second kappa shape index (κ2) is 5.92. The molecule has 16 heavy (non-hydrogen) atoms. The van der Waals surface area contributed by atoms with Gasteiger partial charge in [0.25, 0.3) is 0 Å². The molecule has 1 aromatic rings. The molecule has 4 heteroatoms. The summed E-state index contributed by atoms with van der Waals surface area (Å²) in [5.74, 6) is -0.0477. The first kappa shape index (κ1) is 13.1. The third kappa shape index (κ3) is 2.57. The summed E-state index contributed by atoms with van der Waals surface area (Å²) in [6, 6.07) is 9.24. The van der Waals surface area contributed by atoms with E-state index < -0.39 is 11.4 Å². The minimum absolute atomic E-state index is 0.132. The van der Waals surface area contributed by atoms with Gasteiger partial charge in [-0.3, -0.25) is 4.79 Å². The monoisotopic (exact) mass is 239 g/mol. The van der Waals surface area contributed by atoms with Crippen LogP contribution in [0.4, 0.5) is 0 Å². The van der Waals surface area contributed by atoms with Crippen molar-refractivity contribution in [3.63, 3.8) is 0 Å². The SMILES string of the molecule is CSCCC(CN)(C(=O)O)c1ccccc1. The lowest BCUT2D eigenvalue weighted by Crippen LogP contribution is -2.43.